The van der Waals surface area contributed by atoms with Crippen molar-refractivity contribution in [2.24, 2.45) is 5.92 Å². The van der Waals surface area contributed by atoms with Crippen molar-refractivity contribution in [2.45, 2.75) is 6.42 Å². The number of hydrogen-bond donors (Lipinski definition) is 1. The molecule has 2 heterocycles. The topological polar surface area (TPSA) is 66.1 Å². The van der Waals surface area contributed by atoms with Gasteiger partial charge in [-0.25, -0.2) is 5.10 Å². The number of nitrogens with one attached hydrogen (secondary N) is 1. The highest BCUT2D eigenvalue weighted by molar-refractivity contribution is 6.04. The lowest BCUT2D eigenvalue weighted by atomic mass is 10.1. The van der Waals surface area contributed by atoms with Crippen LogP contribution in [0.15, 0.2) is 41.7 Å². The van der Waals surface area contributed by atoms with E-state index in [9.17, 15) is 9.59 Å². The Morgan fingerprint density at radius 1 is 1.40 bits per heavy atom. The molecule has 1 saturated heterocycles. The SMILES string of the molecule is C=C[C@H]1CCN(C(=O)c2n[nH]c(=O)c3ccccc23)C1. The molecule has 1 aliphatic rings. The minimum Gasteiger partial charge on any atom is -0.337 e. The smallest absolute Gasteiger partial charge is 0.274 e. The number of benzene rings is 1. The van der Waals surface area contributed by atoms with Gasteiger partial charge in [0.05, 0.1) is 5.39 Å². The average molecular weight is 269 g/mol. The van der Waals surface area contributed by atoms with E-state index in [1.54, 1.807) is 29.2 Å². The molecule has 5 heteroatoms. The van der Waals surface area contributed by atoms with E-state index in [2.05, 4.69) is 16.8 Å². The maximum Gasteiger partial charge on any atom is 0.274 e. The molecule has 0 saturated carbocycles. The molecular weight excluding hydrogens is 254 g/mol. The normalized spacial score (nSPS) is 18.4. The molecule has 0 bridgehead atoms. The van der Waals surface area contributed by atoms with E-state index >= 15 is 0 Å². The Kier molecular flexibility index (Phi) is 3.10. The standard InChI is InChI=1S/C15H15N3O2/c1-2-10-7-8-18(9-10)15(20)13-11-5-3-4-6-12(11)14(19)17-16-13/h2-6,10H,1,7-9H2,(H,17,19)/t10-/m0/s1. The number of carbonyl (C=O) groups excluding carboxylic acids is 1. The van der Waals surface area contributed by atoms with Gasteiger partial charge in [0, 0.05) is 18.5 Å². The van der Waals surface area contributed by atoms with Crippen LogP contribution in [0, 0.1) is 5.92 Å². The van der Waals surface area contributed by atoms with Crippen LogP contribution in [-0.2, 0) is 0 Å². The number of likely N-dealkylation sites (tertiary alicyclic amines) is 1. The van der Waals surface area contributed by atoms with E-state index in [0.29, 0.717) is 35.5 Å². The van der Waals surface area contributed by atoms with Crippen molar-refractivity contribution in [3.05, 3.63) is 53.0 Å². The molecule has 3 rings (SSSR count). The fourth-order valence-electron chi connectivity index (χ4n) is 2.59. The molecule has 0 unspecified atom stereocenters. The van der Waals surface area contributed by atoms with Crippen molar-refractivity contribution < 1.29 is 4.79 Å². The Balaban J connectivity index is 2.03. The minimum atomic E-state index is -0.275. The Labute approximate surface area is 115 Å². The van der Waals surface area contributed by atoms with Gasteiger partial charge in [-0.3, -0.25) is 9.59 Å². The predicted octanol–water partition coefficient (Wildman–Crippen LogP) is 1.57. The lowest BCUT2D eigenvalue weighted by molar-refractivity contribution is 0.0784. The zero-order valence-corrected chi connectivity index (χ0v) is 11.0. The Morgan fingerprint density at radius 2 is 2.15 bits per heavy atom. The van der Waals surface area contributed by atoms with Gasteiger partial charge in [-0.2, -0.15) is 5.10 Å². The summed E-state index contributed by atoms with van der Waals surface area (Å²) in [4.78, 5) is 26.0. The van der Waals surface area contributed by atoms with Gasteiger partial charge in [-0.1, -0.05) is 24.3 Å². The zero-order valence-electron chi connectivity index (χ0n) is 11.0. The second-order valence-corrected chi connectivity index (χ2v) is 4.98. The van der Waals surface area contributed by atoms with Crippen molar-refractivity contribution in [3.8, 4) is 0 Å². The largest absolute Gasteiger partial charge is 0.337 e. The highest BCUT2D eigenvalue weighted by Crippen LogP contribution is 2.21. The number of H-pyrrole nitrogens is 1. The molecule has 2 aromatic rings. The molecule has 1 amide bonds. The summed E-state index contributed by atoms with van der Waals surface area (Å²) >= 11 is 0. The molecule has 1 aromatic heterocycles. The van der Waals surface area contributed by atoms with Gasteiger partial charge < -0.3 is 4.90 Å². The van der Waals surface area contributed by atoms with E-state index < -0.39 is 0 Å². The monoisotopic (exact) mass is 269 g/mol. The third kappa shape index (κ3) is 2.01. The molecule has 1 aliphatic heterocycles. The summed E-state index contributed by atoms with van der Waals surface area (Å²) < 4.78 is 0. The molecule has 0 radical (unpaired) electrons. The van der Waals surface area contributed by atoms with Gasteiger partial charge in [-0.15, -0.1) is 6.58 Å². The van der Waals surface area contributed by atoms with E-state index in [4.69, 9.17) is 0 Å². The van der Waals surface area contributed by atoms with E-state index in [1.165, 1.54) is 0 Å². The number of carbonyl (C=O) groups is 1. The lowest BCUT2D eigenvalue weighted by Crippen LogP contribution is -2.30. The van der Waals surface area contributed by atoms with Crippen molar-refractivity contribution in [2.75, 3.05) is 13.1 Å². The quantitative estimate of drug-likeness (QED) is 0.842. The molecule has 1 N–H and O–H groups in total. The van der Waals surface area contributed by atoms with E-state index in [0.717, 1.165) is 6.42 Å². The molecule has 102 valence electrons. The highest BCUT2D eigenvalue weighted by Gasteiger charge is 2.27. The first-order chi connectivity index (χ1) is 9.70. The van der Waals surface area contributed by atoms with Gasteiger partial charge >= 0.3 is 0 Å². The maximum absolute atomic E-state index is 12.5. The van der Waals surface area contributed by atoms with Crippen LogP contribution in [0.3, 0.4) is 0 Å². The van der Waals surface area contributed by atoms with Gasteiger partial charge in [0.1, 0.15) is 0 Å². The number of fused-ring (bicyclic) bond motifs is 1. The molecule has 1 aromatic carbocycles. The van der Waals surface area contributed by atoms with E-state index in [1.807, 2.05) is 6.08 Å². The van der Waals surface area contributed by atoms with Crippen molar-refractivity contribution in [1.29, 1.82) is 0 Å². The predicted molar refractivity (Wildman–Crippen MR) is 76.6 cm³/mol. The summed E-state index contributed by atoms with van der Waals surface area (Å²) in [5, 5.41) is 7.44. The first kappa shape index (κ1) is 12.6. The van der Waals surface area contributed by atoms with Crippen LogP contribution >= 0.6 is 0 Å². The van der Waals surface area contributed by atoms with Crippen LogP contribution < -0.4 is 5.56 Å². The number of amides is 1. The molecule has 20 heavy (non-hydrogen) atoms. The van der Waals surface area contributed by atoms with Crippen LogP contribution in [0.4, 0.5) is 0 Å². The zero-order chi connectivity index (χ0) is 14.1. The molecule has 5 nitrogen and oxygen atoms in total. The third-order valence-corrected chi connectivity index (χ3v) is 3.74. The summed E-state index contributed by atoms with van der Waals surface area (Å²) in [6, 6.07) is 7.03. The van der Waals surface area contributed by atoms with Crippen LogP contribution in [-0.4, -0.2) is 34.1 Å². The van der Waals surface area contributed by atoms with Crippen LogP contribution in [0.2, 0.25) is 0 Å². The summed E-state index contributed by atoms with van der Waals surface area (Å²) in [5.41, 5.74) is 0.0347. The molecular formula is C15H15N3O2. The molecule has 1 fully saturated rings. The fraction of sp³-hybridized carbons (Fsp3) is 0.267. The summed E-state index contributed by atoms with van der Waals surface area (Å²) in [6.45, 7) is 5.13. The molecule has 1 atom stereocenters. The highest BCUT2D eigenvalue weighted by atomic mass is 16.2. The number of aromatic nitrogens is 2. The summed E-state index contributed by atoms with van der Waals surface area (Å²) in [7, 11) is 0. The average Bonchev–Trinajstić information content (AvgIpc) is 2.96. The second kappa shape index (κ2) is 4.92. The Morgan fingerprint density at radius 3 is 2.85 bits per heavy atom. The van der Waals surface area contributed by atoms with Crippen molar-refractivity contribution in [3.63, 3.8) is 0 Å². The molecule has 0 aliphatic carbocycles. The number of nitrogens with zero attached hydrogens (tertiary/aromatic N) is 2. The van der Waals surface area contributed by atoms with Gasteiger partial charge in [0.25, 0.3) is 11.5 Å². The number of hydrogen-bond acceptors (Lipinski definition) is 3. The van der Waals surface area contributed by atoms with Crippen LogP contribution in [0.5, 0.6) is 0 Å². The van der Waals surface area contributed by atoms with Crippen molar-refractivity contribution in [1.82, 2.24) is 15.1 Å². The first-order valence-electron chi connectivity index (χ1n) is 6.60. The van der Waals surface area contributed by atoms with Gasteiger partial charge in [-0.05, 0) is 18.4 Å². The minimum absolute atomic E-state index is 0.137. The second-order valence-electron chi connectivity index (χ2n) is 4.98. The maximum atomic E-state index is 12.5. The van der Waals surface area contributed by atoms with Crippen LogP contribution in [0.1, 0.15) is 16.9 Å². The van der Waals surface area contributed by atoms with E-state index in [-0.39, 0.29) is 11.5 Å². The lowest BCUT2D eigenvalue weighted by Gasteiger charge is -2.15. The number of aromatic amines is 1. The van der Waals surface area contributed by atoms with Gasteiger partial charge in [0.15, 0.2) is 5.69 Å². The Hall–Kier alpha value is -2.43. The van der Waals surface area contributed by atoms with Crippen molar-refractivity contribution >= 4 is 16.7 Å². The first-order valence-corrected chi connectivity index (χ1v) is 6.60. The number of rotatable bonds is 2. The fourth-order valence-corrected chi connectivity index (χ4v) is 2.59. The summed E-state index contributed by atoms with van der Waals surface area (Å²) in [6.07, 6.45) is 2.81. The third-order valence-electron chi connectivity index (χ3n) is 3.74. The van der Waals surface area contributed by atoms with Gasteiger partial charge in [0.2, 0.25) is 0 Å². The van der Waals surface area contributed by atoms with Crippen LogP contribution in [0.25, 0.3) is 10.8 Å². The summed E-state index contributed by atoms with van der Waals surface area (Å²) in [5.74, 6) is 0.203. The molecule has 0 spiro atoms. The Bertz CT molecular complexity index is 735.